The Morgan fingerprint density at radius 2 is 1.95 bits per heavy atom. The van der Waals surface area contributed by atoms with Gasteiger partial charge in [0.2, 0.25) is 0 Å². The lowest BCUT2D eigenvalue weighted by Crippen LogP contribution is -2.14. The molecular formula is C14H13ClFNO3S. The van der Waals surface area contributed by atoms with Gasteiger partial charge in [-0.1, -0.05) is 17.7 Å². The highest BCUT2D eigenvalue weighted by atomic mass is 35.5. The molecule has 0 saturated heterocycles. The third-order valence-corrected chi connectivity index (χ3v) is 4.65. The van der Waals surface area contributed by atoms with Crippen molar-refractivity contribution >= 4 is 27.3 Å². The number of benzene rings is 2. The molecule has 0 fully saturated rings. The average Bonchev–Trinajstić information content (AvgIpc) is 2.42. The Morgan fingerprint density at radius 3 is 2.52 bits per heavy atom. The van der Waals surface area contributed by atoms with Crippen LogP contribution < -0.4 is 4.72 Å². The van der Waals surface area contributed by atoms with Gasteiger partial charge in [0.25, 0.3) is 10.0 Å². The quantitative estimate of drug-likeness (QED) is 0.906. The number of sulfonamides is 1. The molecule has 0 aliphatic carbocycles. The van der Waals surface area contributed by atoms with Gasteiger partial charge >= 0.3 is 0 Å². The van der Waals surface area contributed by atoms with Gasteiger partial charge in [0.05, 0.1) is 17.2 Å². The Balaban J connectivity index is 2.36. The Labute approximate surface area is 127 Å². The summed E-state index contributed by atoms with van der Waals surface area (Å²) in [6.07, 6.45) is 0. The molecule has 0 heterocycles. The first-order valence-electron chi connectivity index (χ1n) is 6.02. The molecule has 0 aliphatic rings. The Kier molecular flexibility index (Phi) is 4.51. The van der Waals surface area contributed by atoms with Gasteiger partial charge in [-0.15, -0.1) is 0 Å². The van der Waals surface area contributed by atoms with Crippen molar-refractivity contribution in [2.24, 2.45) is 0 Å². The molecule has 2 rings (SSSR count). The zero-order valence-electron chi connectivity index (χ0n) is 11.1. The number of hydrogen-bond acceptors (Lipinski definition) is 3. The van der Waals surface area contributed by atoms with Crippen molar-refractivity contribution in [1.82, 2.24) is 0 Å². The summed E-state index contributed by atoms with van der Waals surface area (Å²) in [5.74, 6) is -0.439. The minimum absolute atomic E-state index is 0.0339. The molecule has 2 aromatic carbocycles. The van der Waals surface area contributed by atoms with E-state index in [1.54, 1.807) is 6.92 Å². The lowest BCUT2D eigenvalue weighted by atomic mass is 10.2. The van der Waals surface area contributed by atoms with Crippen LogP contribution >= 0.6 is 11.6 Å². The smallest absolute Gasteiger partial charge is 0.261 e. The molecule has 7 heteroatoms. The van der Waals surface area contributed by atoms with Crippen LogP contribution in [0.3, 0.4) is 0 Å². The highest BCUT2D eigenvalue weighted by Gasteiger charge is 2.17. The SMILES string of the molecule is Cc1cc(F)ccc1NS(=O)(=O)c1ccc(CO)c(Cl)c1. The summed E-state index contributed by atoms with van der Waals surface area (Å²) in [6, 6.07) is 7.81. The van der Waals surface area contributed by atoms with Crippen molar-refractivity contribution in [3.05, 3.63) is 58.4 Å². The number of aryl methyl sites for hydroxylation is 1. The van der Waals surface area contributed by atoms with E-state index in [4.69, 9.17) is 16.7 Å². The van der Waals surface area contributed by atoms with Gasteiger partial charge in [-0.3, -0.25) is 4.72 Å². The van der Waals surface area contributed by atoms with Crippen LogP contribution in [0, 0.1) is 12.7 Å². The molecule has 0 atom stereocenters. The van der Waals surface area contributed by atoms with Gasteiger partial charge in [-0.2, -0.15) is 0 Å². The summed E-state index contributed by atoms with van der Waals surface area (Å²) in [7, 11) is -3.83. The van der Waals surface area contributed by atoms with Crippen LogP contribution in [0.15, 0.2) is 41.3 Å². The van der Waals surface area contributed by atoms with Crippen LogP contribution in [-0.4, -0.2) is 13.5 Å². The third kappa shape index (κ3) is 3.53. The highest BCUT2D eigenvalue weighted by Crippen LogP contribution is 2.24. The molecule has 4 nitrogen and oxygen atoms in total. The van der Waals surface area contributed by atoms with E-state index in [0.717, 1.165) is 0 Å². The summed E-state index contributed by atoms with van der Waals surface area (Å²) in [5, 5.41) is 9.19. The Hall–Kier alpha value is -1.63. The summed E-state index contributed by atoms with van der Waals surface area (Å²) in [4.78, 5) is -0.0339. The Bertz CT molecular complexity index is 778. The predicted octanol–water partition coefficient (Wildman–Crippen LogP) is 3.08. The molecular weight excluding hydrogens is 317 g/mol. The summed E-state index contributed by atoms with van der Waals surface area (Å²) in [5.41, 5.74) is 1.20. The molecule has 2 aromatic rings. The van der Waals surface area contributed by atoms with Gasteiger partial charge in [0, 0.05) is 5.02 Å². The standard InChI is InChI=1S/C14H13ClFNO3S/c1-9-6-11(16)3-5-14(9)17-21(19,20)12-4-2-10(8-18)13(15)7-12/h2-7,17-18H,8H2,1H3. The number of halogens is 2. The van der Waals surface area contributed by atoms with Crippen molar-refractivity contribution in [1.29, 1.82) is 0 Å². The lowest BCUT2D eigenvalue weighted by Gasteiger charge is -2.11. The van der Waals surface area contributed by atoms with E-state index < -0.39 is 15.8 Å². The van der Waals surface area contributed by atoms with E-state index in [1.165, 1.54) is 36.4 Å². The van der Waals surface area contributed by atoms with Crippen LogP contribution in [0.25, 0.3) is 0 Å². The summed E-state index contributed by atoms with van der Waals surface area (Å²) in [6.45, 7) is 1.33. The van der Waals surface area contributed by atoms with E-state index in [0.29, 0.717) is 16.8 Å². The largest absolute Gasteiger partial charge is 0.392 e. The molecule has 0 bridgehead atoms. The first-order chi connectivity index (χ1) is 9.83. The molecule has 0 unspecified atom stereocenters. The normalized spacial score (nSPS) is 11.4. The molecule has 2 N–H and O–H groups in total. The Morgan fingerprint density at radius 1 is 1.24 bits per heavy atom. The van der Waals surface area contributed by atoms with Gasteiger partial charge < -0.3 is 5.11 Å². The maximum absolute atomic E-state index is 13.0. The zero-order chi connectivity index (χ0) is 15.6. The molecule has 0 radical (unpaired) electrons. The van der Waals surface area contributed by atoms with Crippen molar-refractivity contribution in [3.63, 3.8) is 0 Å². The first kappa shape index (κ1) is 15.8. The highest BCUT2D eigenvalue weighted by molar-refractivity contribution is 7.92. The van der Waals surface area contributed by atoms with E-state index in [9.17, 15) is 12.8 Å². The fourth-order valence-corrected chi connectivity index (χ4v) is 3.23. The molecule has 0 aromatic heterocycles. The van der Waals surface area contributed by atoms with Crippen molar-refractivity contribution in [2.45, 2.75) is 18.4 Å². The van der Waals surface area contributed by atoms with Crippen LogP contribution in [0.5, 0.6) is 0 Å². The van der Waals surface area contributed by atoms with E-state index in [1.807, 2.05) is 0 Å². The van der Waals surface area contributed by atoms with Crippen LogP contribution in [0.2, 0.25) is 5.02 Å². The second kappa shape index (κ2) is 6.01. The molecule has 0 saturated carbocycles. The van der Waals surface area contributed by atoms with Crippen molar-refractivity contribution in [2.75, 3.05) is 4.72 Å². The summed E-state index contributed by atoms with van der Waals surface area (Å²) >= 11 is 5.89. The second-order valence-corrected chi connectivity index (χ2v) is 6.57. The van der Waals surface area contributed by atoms with E-state index in [-0.39, 0.29) is 16.5 Å². The fraction of sp³-hybridized carbons (Fsp3) is 0.143. The molecule has 21 heavy (non-hydrogen) atoms. The predicted molar refractivity (Wildman–Crippen MR) is 79.3 cm³/mol. The molecule has 112 valence electrons. The first-order valence-corrected chi connectivity index (χ1v) is 7.88. The number of hydrogen-bond donors (Lipinski definition) is 2. The van der Waals surface area contributed by atoms with Crippen molar-refractivity contribution in [3.8, 4) is 0 Å². The minimum atomic E-state index is -3.83. The minimum Gasteiger partial charge on any atom is -0.392 e. The van der Waals surface area contributed by atoms with E-state index in [2.05, 4.69) is 4.72 Å². The second-order valence-electron chi connectivity index (χ2n) is 4.48. The van der Waals surface area contributed by atoms with Crippen LogP contribution in [0.4, 0.5) is 10.1 Å². The number of anilines is 1. The summed E-state index contributed by atoms with van der Waals surface area (Å²) < 4.78 is 39.9. The third-order valence-electron chi connectivity index (χ3n) is 2.94. The van der Waals surface area contributed by atoms with Crippen LogP contribution in [-0.2, 0) is 16.6 Å². The average molecular weight is 330 g/mol. The molecule has 0 spiro atoms. The fourth-order valence-electron chi connectivity index (χ4n) is 1.77. The maximum atomic E-state index is 13.0. The number of aliphatic hydroxyl groups is 1. The lowest BCUT2D eigenvalue weighted by molar-refractivity contribution is 0.282. The number of aliphatic hydroxyl groups excluding tert-OH is 1. The monoisotopic (exact) mass is 329 g/mol. The van der Waals surface area contributed by atoms with Gasteiger partial charge in [-0.25, -0.2) is 12.8 Å². The molecule has 0 aliphatic heterocycles. The van der Waals surface area contributed by atoms with Gasteiger partial charge in [-0.05, 0) is 48.4 Å². The zero-order valence-corrected chi connectivity index (χ0v) is 12.7. The maximum Gasteiger partial charge on any atom is 0.261 e. The number of rotatable bonds is 4. The van der Waals surface area contributed by atoms with Crippen molar-refractivity contribution < 1.29 is 17.9 Å². The topological polar surface area (TPSA) is 66.4 Å². The molecule has 0 amide bonds. The van der Waals surface area contributed by atoms with Crippen LogP contribution in [0.1, 0.15) is 11.1 Å². The number of nitrogens with one attached hydrogen (secondary N) is 1. The van der Waals surface area contributed by atoms with Gasteiger partial charge in [0.1, 0.15) is 5.82 Å². The van der Waals surface area contributed by atoms with Gasteiger partial charge in [0.15, 0.2) is 0 Å². The van der Waals surface area contributed by atoms with E-state index >= 15 is 0 Å².